The Bertz CT molecular complexity index is 4150. The second-order valence-corrected chi connectivity index (χ2v) is 18.5. The Kier molecular flexibility index (Phi) is 7.52. The summed E-state index contributed by atoms with van der Waals surface area (Å²) in [6.07, 6.45) is 0. The normalized spacial score (nSPS) is 13.2. The minimum Gasteiger partial charge on any atom is -0.0622 e. The summed E-state index contributed by atoms with van der Waals surface area (Å²) in [6.45, 7) is 0. The van der Waals surface area contributed by atoms with Gasteiger partial charge in [-0.25, -0.2) is 0 Å². The van der Waals surface area contributed by atoms with Gasteiger partial charge < -0.3 is 0 Å². The van der Waals surface area contributed by atoms with Crippen LogP contribution in [-0.2, 0) is 5.41 Å². The first-order chi connectivity index (χ1) is 33.3. The van der Waals surface area contributed by atoms with E-state index < -0.39 is 5.41 Å². The van der Waals surface area contributed by atoms with Crippen molar-refractivity contribution in [1.82, 2.24) is 0 Å². The molecule has 15 rings (SSSR count). The molecule has 13 aromatic carbocycles. The molecule has 0 aromatic heterocycles. The average Bonchev–Trinajstić information content (AvgIpc) is 3.89. The minimum atomic E-state index is -0.533. The maximum atomic E-state index is 2.48. The molecule has 0 heterocycles. The van der Waals surface area contributed by atoms with Gasteiger partial charge in [0.15, 0.2) is 0 Å². The minimum absolute atomic E-state index is 0.533. The van der Waals surface area contributed by atoms with Crippen molar-refractivity contribution in [3.63, 3.8) is 0 Å². The molecule has 0 saturated heterocycles. The van der Waals surface area contributed by atoms with Crippen LogP contribution in [0, 0.1) is 0 Å². The van der Waals surface area contributed by atoms with Crippen LogP contribution in [0.5, 0.6) is 0 Å². The van der Waals surface area contributed by atoms with E-state index in [0.717, 1.165) is 0 Å². The van der Waals surface area contributed by atoms with Gasteiger partial charge in [-0.15, -0.1) is 0 Å². The van der Waals surface area contributed by atoms with Gasteiger partial charge in [0.2, 0.25) is 0 Å². The van der Waals surface area contributed by atoms with Crippen molar-refractivity contribution in [1.29, 1.82) is 0 Å². The molecule has 0 bridgehead atoms. The van der Waals surface area contributed by atoms with Crippen molar-refractivity contribution >= 4 is 64.6 Å². The number of rotatable bonds is 3. The summed E-state index contributed by atoms with van der Waals surface area (Å²) in [5, 5.41) is 15.5. The predicted octanol–water partition coefficient (Wildman–Crippen LogP) is 18.0. The lowest BCUT2D eigenvalue weighted by Gasteiger charge is -2.33. The third-order valence-electron chi connectivity index (χ3n) is 15.4. The van der Waals surface area contributed by atoms with E-state index >= 15 is 0 Å². The molecule has 0 radical (unpaired) electrons. The molecule has 0 nitrogen and oxygen atoms in total. The Morgan fingerprint density at radius 3 is 1.03 bits per heavy atom. The van der Waals surface area contributed by atoms with E-state index in [2.05, 4.69) is 243 Å². The highest BCUT2D eigenvalue weighted by molar-refractivity contribution is 6.28. The first-order valence-corrected chi connectivity index (χ1v) is 23.5. The third kappa shape index (κ3) is 4.81. The average molecular weight is 845 g/mol. The zero-order valence-electron chi connectivity index (χ0n) is 36.6. The summed E-state index contributed by atoms with van der Waals surface area (Å²) < 4.78 is 0. The molecule has 13 aromatic rings. The van der Waals surface area contributed by atoms with Crippen LogP contribution in [0.2, 0.25) is 0 Å². The summed E-state index contributed by atoms with van der Waals surface area (Å²) in [6, 6.07) is 91.3. The van der Waals surface area contributed by atoms with E-state index in [4.69, 9.17) is 0 Å². The zero-order valence-corrected chi connectivity index (χ0v) is 36.6. The summed E-state index contributed by atoms with van der Waals surface area (Å²) >= 11 is 0. The molecule has 0 N–H and O–H groups in total. The van der Waals surface area contributed by atoms with E-state index in [-0.39, 0.29) is 0 Å². The Balaban J connectivity index is 0.994. The van der Waals surface area contributed by atoms with Gasteiger partial charge in [0.1, 0.15) is 0 Å². The van der Waals surface area contributed by atoms with Crippen molar-refractivity contribution in [2.24, 2.45) is 0 Å². The van der Waals surface area contributed by atoms with Crippen LogP contribution in [0.1, 0.15) is 22.3 Å². The van der Waals surface area contributed by atoms with E-state index in [9.17, 15) is 0 Å². The molecule has 2 aliphatic carbocycles. The van der Waals surface area contributed by atoms with E-state index in [1.54, 1.807) is 0 Å². The summed E-state index contributed by atoms with van der Waals surface area (Å²) in [7, 11) is 0. The molecule has 0 aliphatic heterocycles. The van der Waals surface area contributed by atoms with Gasteiger partial charge in [-0.2, -0.15) is 0 Å². The number of fused-ring (bicyclic) bond motifs is 22. The Morgan fingerprint density at radius 2 is 0.522 bits per heavy atom. The molecule has 0 fully saturated rings. The monoisotopic (exact) mass is 844 g/mol. The van der Waals surface area contributed by atoms with Gasteiger partial charge in [0.25, 0.3) is 0 Å². The van der Waals surface area contributed by atoms with Gasteiger partial charge in [-0.1, -0.05) is 237 Å². The molecule has 1 spiro atoms. The first kappa shape index (κ1) is 36.7. The van der Waals surface area contributed by atoms with Crippen LogP contribution >= 0.6 is 0 Å². The highest BCUT2D eigenvalue weighted by Gasteiger charge is 2.54. The van der Waals surface area contributed by atoms with Crippen molar-refractivity contribution in [3.05, 3.63) is 265 Å². The standard InChI is InChI=1S/C67H40/c1-2-18-42(19-3-1)61-52-27-9-11-29-54(52)62(55-30-12-10-28-53(55)61)43-36-34-41(35-37-43)44-38-39-57-58(40-44)47-22-5-8-26-51(47)64-63-50-25-7-4-20-45(50)46-21-6-13-31-56(46)65(63)67(66(57)64)59-32-16-14-23-48(59)49-24-15-17-33-60(49)67/h1-40H. The number of hydrogen-bond acceptors (Lipinski definition) is 0. The summed E-state index contributed by atoms with van der Waals surface area (Å²) in [5.74, 6) is 0. The Morgan fingerprint density at radius 1 is 0.194 bits per heavy atom. The topological polar surface area (TPSA) is 0 Å². The molecule has 0 atom stereocenters. The zero-order chi connectivity index (χ0) is 43.8. The predicted molar refractivity (Wildman–Crippen MR) is 284 cm³/mol. The molecule has 0 amide bonds. The molecule has 0 saturated carbocycles. The van der Waals surface area contributed by atoms with Crippen LogP contribution in [0.15, 0.2) is 243 Å². The molecular weight excluding hydrogens is 805 g/mol. The highest BCUT2D eigenvalue weighted by atomic mass is 14.5. The smallest absolute Gasteiger partial charge is 0.0622 e. The molecule has 308 valence electrons. The van der Waals surface area contributed by atoms with Crippen LogP contribution in [-0.4, -0.2) is 0 Å². The van der Waals surface area contributed by atoms with Crippen molar-refractivity contribution in [2.45, 2.75) is 5.41 Å². The largest absolute Gasteiger partial charge is 0.0738 e. The fraction of sp³-hybridized carbons (Fsp3) is 0.0149. The Hall–Kier alpha value is -8.58. The van der Waals surface area contributed by atoms with Crippen molar-refractivity contribution in [3.8, 4) is 55.6 Å². The van der Waals surface area contributed by atoms with Gasteiger partial charge in [0, 0.05) is 0 Å². The maximum absolute atomic E-state index is 2.48. The van der Waals surface area contributed by atoms with Crippen molar-refractivity contribution < 1.29 is 0 Å². The number of hydrogen-bond donors (Lipinski definition) is 0. The SMILES string of the molecule is c1ccc(-c2c3ccccc3c(-c3ccc(-c4ccc5c6c(c7ccccc7c5c4)-c4c(c5ccccc5c5ccccc45)C64c5ccccc5-c5ccccc54)cc3)c3ccccc23)cc1. The lowest BCUT2D eigenvalue weighted by Crippen LogP contribution is -2.26. The molecule has 2 aliphatic rings. The van der Waals surface area contributed by atoms with Crippen molar-refractivity contribution in [2.75, 3.05) is 0 Å². The van der Waals surface area contributed by atoms with E-state index in [0.29, 0.717) is 0 Å². The first-order valence-electron chi connectivity index (χ1n) is 23.5. The molecule has 0 unspecified atom stereocenters. The van der Waals surface area contributed by atoms with Gasteiger partial charge in [-0.3, -0.25) is 0 Å². The highest BCUT2D eigenvalue weighted by Crippen LogP contribution is 2.68. The third-order valence-corrected chi connectivity index (χ3v) is 15.4. The summed E-state index contributed by atoms with van der Waals surface area (Å²) in [4.78, 5) is 0. The van der Waals surface area contributed by atoms with Crippen LogP contribution in [0.25, 0.3) is 120 Å². The van der Waals surface area contributed by atoms with Gasteiger partial charge in [-0.05, 0) is 149 Å². The maximum Gasteiger partial charge on any atom is 0.0738 e. The number of benzene rings is 13. The fourth-order valence-corrected chi connectivity index (χ4v) is 12.9. The molecular formula is C67H40. The Labute approximate surface area is 388 Å². The van der Waals surface area contributed by atoms with Crippen LogP contribution < -0.4 is 0 Å². The molecule has 0 heteroatoms. The lowest BCUT2D eigenvalue weighted by atomic mass is 9.68. The van der Waals surface area contributed by atoms with Gasteiger partial charge in [0.05, 0.1) is 5.41 Å². The quantitative estimate of drug-likeness (QED) is 0.123. The molecule has 67 heavy (non-hydrogen) atoms. The van der Waals surface area contributed by atoms with Crippen LogP contribution in [0.4, 0.5) is 0 Å². The van der Waals surface area contributed by atoms with Gasteiger partial charge >= 0.3 is 0 Å². The second-order valence-electron chi connectivity index (χ2n) is 18.5. The van der Waals surface area contributed by atoms with E-state index in [1.807, 2.05) is 0 Å². The van der Waals surface area contributed by atoms with Crippen LogP contribution in [0.3, 0.4) is 0 Å². The second kappa shape index (κ2) is 13.7. The fourth-order valence-electron chi connectivity index (χ4n) is 12.9. The lowest BCUT2D eigenvalue weighted by molar-refractivity contribution is 0.810. The van der Waals surface area contributed by atoms with E-state index in [1.165, 1.54) is 143 Å². The summed E-state index contributed by atoms with van der Waals surface area (Å²) in [5.41, 5.74) is 17.8.